The van der Waals surface area contributed by atoms with Crippen molar-refractivity contribution in [2.24, 2.45) is 0 Å². The Balaban J connectivity index is 1.66. The molecule has 3 rings (SSSR count). The Morgan fingerprint density at radius 3 is 1.27 bits per heavy atom. The van der Waals surface area contributed by atoms with E-state index in [0.717, 1.165) is 58.3 Å². The van der Waals surface area contributed by atoms with Crippen LogP contribution in [-0.2, 0) is 38.0 Å². The van der Waals surface area contributed by atoms with Crippen LogP contribution in [0.25, 0.3) is 0 Å². The van der Waals surface area contributed by atoms with Gasteiger partial charge in [0.25, 0.3) is 0 Å². The maximum Gasteiger partial charge on any atom is 0.249 e. The van der Waals surface area contributed by atoms with Crippen molar-refractivity contribution in [1.29, 1.82) is 0 Å². The minimum absolute atomic E-state index is 0.130. The molecule has 0 aromatic carbocycles. The van der Waals surface area contributed by atoms with Crippen molar-refractivity contribution in [2.45, 2.75) is 362 Å². The van der Waals surface area contributed by atoms with Crippen molar-refractivity contribution >= 4 is 11.8 Å². The maximum atomic E-state index is 13.7. The van der Waals surface area contributed by atoms with Crippen LogP contribution in [0.2, 0.25) is 0 Å². The molecular formula is C63H120N2O20. The Morgan fingerprint density at radius 1 is 0.447 bits per heavy atom. The van der Waals surface area contributed by atoms with Gasteiger partial charge in [0.15, 0.2) is 18.9 Å². The number of nitrogens with one attached hydrogen (secondary N) is 2. The molecular weight excluding hydrogens is 1100 g/mol. The number of aliphatic hydroxyl groups excluding tert-OH is 12. The lowest BCUT2D eigenvalue weighted by Crippen LogP contribution is -2.66. The zero-order valence-corrected chi connectivity index (χ0v) is 52.2. The topological polar surface area (TPSA) is 356 Å². The van der Waals surface area contributed by atoms with Crippen LogP contribution >= 0.6 is 0 Å². The molecule has 3 saturated heterocycles. The molecule has 3 heterocycles. The first kappa shape index (κ1) is 77.5. The highest BCUT2D eigenvalue weighted by Gasteiger charge is 2.52. The van der Waals surface area contributed by atoms with Gasteiger partial charge < -0.3 is 100 Å². The van der Waals surface area contributed by atoms with Crippen molar-refractivity contribution in [1.82, 2.24) is 10.6 Å². The monoisotopic (exact) mass is 1220 g/mol. The molecule has 85 heavy (non-hydrogen) atoms. The molecule has 0 saturated carbocycles. The predicted octanol–water partition coefficient (Wildman–Crippen LogP) is 4.86. The molecule has 3 fully saturated rings. The molecule has 0 radical (unpaired) electrons. The summed E-state index contributed by atoms with van der Waals surface area (Å²) in [6.45, 7) is 2.67. The molecule has 14 N–H and O–H groups in total. The van der Waals surface area contributed by atoms with Gasteiger partial charge in [-0.3, -0.25) is 9.59 Å². The number of rotatable bonds is 50. The summed E-state index contributed by atoms with van der Waals surface area (Å²) in [6, 6.07) is -2.82. The first-order chi connectivity index (χ1) is 41.0. The van der Waals surface area contributed by atoms with E-state index in [1.165, 1.54) is 148 Å². The van der Waals surface area contributed by atoms with Crippen LogP contribution in [0.4, 0.5) is 0 Å². The molecule has 0 aromatic rings. The number of hydrogen-bond donors (Lipinski definition) is 14. The van der Waals surface area contributed by atoms with Gasteiger partial charge in [0.05, 0.1) is 38.6 Å². The summed E-state index contributed by atoms with van der Waals surface area (Å²) in [5.41, 5.74) is 0. The van der Waals surface area contributed by atoms with Gasteiger partial charge in [-0.1, -0.05) is 226 Å². The average Bonchev–Trinajstić information content (AvgIpc) is 3.60. The van der Waals surface area contributed by atoms with Crippen LogP contribution in [0.5, 0.6) is 0 Å². The molecule has 2 amide bonds. The van der Waals surface area contributed by atoms with Gasteiger partial charge in [-0.25, -0.2) is 0 Å². The van der Waals surface area contributed by atoms with E-state index >= 15 is 0 Å². The highest BCUT2D eigenvalue weighted by molar-refractivity contribution is 5.80. The van der Waals surface area contributed by atoms with Crippen LogP contribution in [0.3, 0.4) is 0 Å². The van der Waals surface area contributed by atoms with Crippen molar-refractivity contribution in [3.8, 4) is 0 Å². The van der Waals surface area contributed by atoms with E-state index in [9.17, 15) is 70.9 Å². The van der Waals surface area contributed by atoms with Crippen LogP contribution in [-0.4, -0.2) is 216 Å². The highest BCUT2D eigenvalue weighted by atomic mass is 16.8. The summed E-state index contributed by atoms with van der Waals surface area (Å²) in [5.74, 6) is -1.47. The van der Waals surface area contributed by atoms with Crippen LogP contribution < -0.4 is 10.6 Å². The summed E-state index contributed by atoms with van der Waals surface area (Å²) < 4.78 is 35.3. The maximum absolute atomic E-state index is 13.7. The fraction of sp³-hybridized carbons (Fsp3) is 0.968. The van der Waals surface area contributed by atoms with E-state index in [1.54, 1.807) is 0 Å². The predicted molar refractivity (Wildman–Crippen MR) is 319 cm³/mol. The second-order valence-corrected chi connectivity index (χ2v) is 24.6. The Bertz CT molecular complexity index is 1660. The Kier molecular flexibility index (Phi) is 42.2. The zero-order valence-electron chi connectivity index (χ0n) is 52.2. The smallest absolute Gasteiger partial charge is 0.249 e. The van der Waals surface area contributed by atoms with E-state index < -0.39 is 155 Å². The average molecular weight is 1230 g/mol. The SMILES string of the molecule is CCCCCCCCCCCCCCCCCCCCCC[C@@H](O)C(=O)N[C@@H](CO[C@H]1O[C@H](CO[C@@H]2O[C@H](CO)[C@H](O)[C@H](O)[C@H]2NC(C)=O)[C@H](O)[C@H](O)[C@H]1O[C@H]1O[C@H](CO)[C@H](O)[C@H](O)[C@H]1O)[C@H](O)[C@H](O)CCCCCCCCCCCCCCC. The Morgan fingerprint density at radius 2 is 0.835 bits per heavy atom. The van der Waals surface area contributed by atoms with Crippen molar-refractivity contribution in [3.63, 3.8) is 0 Å². The highest BCUT2D eigenvalue weighted by Crippen LogP contribution is 2.32. The molecule has 0 unspecified atom stereocenters. The quantitative estimate of drug-likeness (QED) is 0.0362. The minimum Gasteiger partial charge on any atom is -0.394 e. The van der Waals surface area contributed by atoms with Gasteiger partial charge in [-0.05, 0) is 12.8 Å². The largest absolute Gasteiger partial charge is 0.394 e. The van der Waals surface area contributed by atoms with E-state index in [2.05, 4.69) is 24.5 Å². The lowest BCUT2D eigenvalue weighted by atomic mass is 9.96. The van der Waals surface area contributed by atoms with Gasteiger partial charge in [-0.2, -0.15) is 0 Å². The summed E-state index contributed by atoms with van der Waals surface area (Å²) in [6.07, 6.45) is 10.0. The summed E-state index contributed by atoms with van der Waals surface area (Å²) in [7, 11) is 0. The Labute approximate surface area is 508 Å². The molecule has 3 aliphatic rings. The van der Waals surface area contributed by atoms with Crippen LogP contribution in [0.15, 0.2) is 0 Å². The van der Waals surface area contributed by atoms with Gasteiger partial charge in [0.1, 0.15) is 85.4 Å². The summed E-state index contributed by atoms with van der Waals surface area (Å²) in [5, 5.41) is 136. The number of aliphatic hydroxyl groups is 12. The first-order valence-corrected chi connectivity index (χ1v) is 33.5. The van der Waals surface area contributed by atoms with Gasteiger partial charge in [0, 0.05) is 6.92 Å². The van der Waals surface area contributed by atoms with Crippen molar-refractivity contribution < 1.29 is 99.3 Å². The molecule has 0 bridgehead atoms. The molecule has 0 aliphatic carbocycles. The minimum atomic E-state index is -2.01. The third-order valence-electron chi connectivity index (χ3n) is 17.3. The molecule has 0 spiro atoms. The number of hydrogen-bond acceptors (Lipinski definition) is 20. The fourth-order valence-corrected chi connectivity index (χ4v) is 11.7. The Hall–Kier alpha value is -1.78. The summed E-state index contributed by atoms with van der Waals surface area (Å²) in [4.78, 5) is 25.9. The van der Waals surface area contributed by atoms with Crippen molar-refractivity contribution in [3.05, 3.63) is 0 Å². The molecule has 22 nitrogen and oxygen atoms in total. The van der Waals surface area contributed by atoms with Crippen LogP contribution in [0, 0.1) is 0 Å². The number of amides is 2. The standard InChI is InChI=1S/C63H120N2O20/c1-4-6-8-10-12-14-16-18-19-20-21-22-23-24-26-28-30-32-34-36-38-46(70)60(79)65-44(51(71)45(69)37-35-33-31-29-27-25-17-15-13-11-9-7-5-2)41-80-63-59(85-62-58(78)56(76)53(73)48(40-67)83-62)57(77)54(74)49(84-63)42-81-61-50(64-43(3)68)55(75)52(72)47(39-66)82-61/h44-59,61-63,66-67,69-78H,4-42H2,1-3H3,(H,64,68)(H,65,79)/t44-,45+,46+,47+,48+,49+,50+,51-,52-,53-,54-,55+,56-,57-,58+,59+,61+,62+,63-/m0/s1. The fourth-order valence-electron chi connectivity index (χ4n) is 11.7. The van der Waals surface area contributed by atoms with Crippen molar-refractivity contribution in [2.75, 3.05) is 26.4 Å². The normalized spacial score (nSPS) is 29.6. The van der Waals surface area contributed by atoms with E-state index in [-0.39, 0.29) is 12.8 Å². The molecule has 19 atom stereocenters. The lowest BCUT2D eigenvalue weighted by Gasteiger charge is -2.47. The van der Waals surface area contributed by atoms with Gasteiger partial charge >= 0.3 is 0 Å². The third kappa shape index (κ3) is 29.8. The zero-order chi connectivity index (χ0) is 62.4. The molecule has 0 aromatic heterocycles. The van der Waals surface area contributed by atoms with E-state index in [4.69, 9.17) is 28.4 Å². The van der Waals surface area contributed by atoms with E-state index in [0.29, 0.717) is 12.8 Å². The van der Waals surface area contributed by atoms with Gasteiger partial charge in [-0.15, -0.1) is 0 Å². The van der Waals surface area contributed by atoms with Crippen LogP contribution in [0.1, 0.15) is 245 Å². The number of unbranched alkanes of at least 4 members (excludes halogenated alkanes) is 31. The second-order valence-electron chi connectivity index (χ2n) is 24.6. The first-order valence-electron chi connectivity index (χ1n) is 33.5. The summed E-state index contributed by atoms with van der Waals surface area (Å²) >= 11 is 0. The number of carbonyl (C=O) groups excluding carboxylic acids is 2. The third-order valence-corrected chi connectivity index (χ3v) is 17.3. The second kappa shape index (κ2) is 46.3. The molecule has 22 heteroatoms. The molecule has 3 aliphatic heterocycles. The lowest BCUT2D eigenvalue weighted by molar-refractivity contribution is -0.371. The van der Waals surface area contributed by atoms with Gasteiger partial charge in [0.2, 0.25) is 11.8 Å². The van der Waals surface area contributed by atoms with E-state index in [1.807, 2.05) is 0 Å². The molecule has 502 valence electrons. The number of ether oxygens (including phenoxy) is 6. The number of carbonyl (C=O) groups is 2.